The maximum atomic E-state index is 14.8. The molecule has 0 unspecified atom stereocenters. The van der Waals surface area contributed by atoms with Crippen LogP contribution in [0.5, 0.6) is 5.75 Å². The van der Waals surface area contributed by atoms with Gasteiger partial charge in [-0.1, -0.05) is 30.7 Å². The van der Waals surface area contributed by atoms with Crippen molar-refractivity contribution in [2.75, 3.05) is 24.6 Å². The van der Waals surface area contributed by atoms with E-state index in [9.17, 15) is 18.8 Å². The molecule has 0 bridgehead atoms. The third kappa shape index (κ3) is 4.85. The lowest BCUT2D eigenvalue weighted by atomic mass is 10.1. The highest BCUT2D eigenvalue weighted by Crippen LogP contribution is 2.38. The first-order valence-corrected chi connectivity index (χ1v) is 12.1. The Hall–Kier alpha value is -3.17. The summed E-state index contributed by atoms with van der Waals surface area (Å²) in [7, 11) is 0. The van der Waals surface area contributed by atoms with Gasteiger partial charge in [-0.2, -0.15) is 0 Å². The predicted molar refractivity (Wildman–Crippen MR) is 128 cm³/mol. The predicted octanol–water partition coefficient (Wildman–Crippen LogP) is 4.06. The number of ether oxygens (including phenoxy) is 1. The number of carbonyl (C=O) groups is 3. The molecule has 3 aliphatic heterocycles. The number of imide groups is 1. The van der Waals surface area contributed by atoms with Crippen LogP contribution in [0.15, 0.2) is 41.3 Å². The van der Waals surface area contributed by atoms with Gasteiger partial charge >= 0.3 is 0 Å². The van der Waals surface area contributed by atoms with Gasteiger partial charge in [-0.3, -0.25) is 24.6 Å². The van der Waals surface area contributed by atoms with Gasteiger partial charge in [-0.25, -0.2) is 4.39 Å². The molecule has 0 aromatic heterocycles. The molecular weight excluding hydrogens is 457 g/mol. The lowest BCUT2D eigenvalue weighted by Gasteiger charge is -2.30. The highest BCUT2D eigenvalue weighted by molar-refractivity contribution is 8.18. The number of hydrogen-bond acceptors (Lipinski definition) is 6. The highest BCUT2D eigenvalue weighted by Gasteiger charge is 2.30. The third-order valence-electron chi connectivity index (χ3n) is 6.14. The van der Waals surface area contributed by atoms with Crippen molar-refractivity contribution in [2.24, 2.45) is 0 Å². The van der Waals surface area contributed by atoms with Crippen LogP contribution in [0, 0.1) is 5.82 Å². The molecule has 0 aliphatic carbocycles. The number of halogens is 1. The van der Waals surface area contributed by atoms with Gasteiger partial charge in [0.25, 0.3) is 17.1 Å². The molecule has 3 amide bonds. The number of carbonyl (C=O) groups excluding carboxylic acids is 3. The van der Waals surface area contributed by atoms with E-state index < -0.39 is 17.0 Å². The zero-order valence-corrected chi connectivity index (χ0v) is 19.3. The van der Waals surface area contributed by atoms with Crippen LogP contribution in [0.3, 0.4) is 0 Å². The van der Waals surface area contributed by atoms with Crippen LogP contribution >= 0.6 is 11.8 Å². The van der Waals surface area contributed by atoms with Gasteiger partial charge in [-0.15, -0.1) is 0 Å². The number of piperidine rings is 1. The monoisotopic (exact) mass is 481 g/mol. The zero-order chi connectivity index (χ0) is 23.7. The van der Waals surface area contributed by atoms with E-state index in [1.165, 1.54) is 41.9 Å². The van der Waals surface area contributed by atoms with Crippen molar-refractivity contribution in [3.8, 4) is 5.75 Å². The maximum Gasteiger partial charge on any atom is 0.290 e. The minimum absolute atomic E-state index is 0.00284. The Bertz CT molecular complexity index is 1180. The molecule has 0 atom stereocenters. The number of thioether (sulfide) groups is 1. The number of anilines is 1. The molecule has 0 spiro atoms. The van der Waals surface area contributed by atoms with E-state index in [4.69, 9.17) is 4.74 Å². The average molecular weight is 482 g/mol. The zero-order valence-electron chi connectivity index (χ0n) is 18.5. The summed E-state index contributed by atoms with van der Waals surface area (Å²) in [5, 5.41) is 1.70. The molecule has 0 saturated carbocycles. The highest BCUT2D eigenvalue weighted by atomic mass is 32.2. The quantitative estimate of drug-likeness (QED) is 0.649. The van der Waals surface area contributed by atoms with Crippen molar-refractivity contribution in [1.29, 1.82) is 0 Å². The summed E-state index contributed by atoms with van der Waals surface area (Å²) in [6, 6.07) is 11.0. The van der Waals surface area contributed by atoms with Crippen molar-refractivity contribution in [3.05, 3.63) is 63.8 Å². The minimum atomic E-state index is -0.631. The Morgan fingerprint density at radius 1 is 1.00 bits per heavy atom. The summed E-state index contributed by atoms with van der Waals surface area (Å²) in [4.78, 5) is 40.1. The first-order chi connectivity index (χ1) is 16.5. The van der Waals surface area contributed by atoms with Crippen LogP contribution in [-0.2, 0) is 22.7 Å². The van der Waals surface area contributed by atoms with Gasteiger partial charge < -0.3 is 9.64 Å². The van der Waals surface area contributed by atoms with Crippen LogP contribution in [-0.4, -0.2) is 41.6 Å². The first kappa shape index (κ1) is 22.6. The molecule has 7 nitrogen and oxygen atoms in total. The van der Waals surface area contributed by atoms with Crippen LogP contribution in [0.4, 0.5) is 14.9 Å². The summed E-state index contributed by atoms with van der Waals surface area (Å²) in [6.45, 7) is 3.19. The van der Waals surface area contributed by atoms with Gasteiger partial charge in [-0.05, 0) is 72.6 Å². The second kappa shape index (κ2) is 9.60. The summed E-state index contributed by atoms with van der Waals surface area (Å²) < 4.78 is 20.2. The Kier molecular flexibility index (Phi) is 6.38. The maximum absolute atomic E-state index is 14.8. The average Bonchev–Trinajstić information content (AvgIpc) is 3.14. The first-order valence-electron chi connectivity index (χ1n) is 11.3. The molecule has 2 saturated heterocycles. The molecule has 3 aliphatic rings. The number of fused-ring (bicyclic) bond motifs is 1. The van der Waals surface area contributed by atoms with Crippen molar-refractivity contribution >= 4 is 40.6 Å². The van der Waals surface area contributed by atoms with Crippen molar-refractivity contribution in [2.45, 2.75) is 32.4 Å². The molecular formula is C25H24FN3O4S. The van der Waals surface area contributed by atoms with Crippen LogP contribution in [0.1, 0.15) is 36.0 Å². The fourth-order valence-electron chi connectivity index (χ4n) is 4.43. The third-order valence-corrected chi connectivity index (χ3v) is 6.95. The van der Waals surface area contributed by atoms with E-state index in [0.717, 1.165) is 37.0 Å². The number of benzene rings is 2. The largest absolute Gasteiger partial charge is 0.478 e. The van der Waals surface area contributed by atoms with Crippen LogP contribution in [0.25, 0.3) is 6.08 Å². The van der Waals surface area contributed by atoms with E-state index in [-0.39, 0.29) is 29.7 Å². The van der Waals surface area contributed by atoms with Gasteiger partial charge in [0.1, 0.15) is 0 Å². The standard InChI is InChI=1S/C25H24FN3O4S/c26-19-10-18(12-21-24(31)27-25(32)34-21)11-20-23(19)33-15-22(30)29(20)14-17-6-4-16(5-7-17)13-28-8-2-1-3-9-28/h4-7,10-12H,1-3,8-9,13-15H2,(H,27,31,32). The fraction of sp³-hybridized carbons (Fsp3) is 0.320. The SMILES string of the molecule is O=C1NC(=O)C(=Cc2cc(F)c3c(c2)N(Cc2ccc(CN4CCCCC4)cc2)C(=O)CO3)S1. The molecule has 5 rings (SSSR count). The van der Waals surface area contributed by atoms with E-state index in [1.54, 1.807) is 6.07 Å². The number of amides is 3. The Morgan fingerprint density at radius 2 is 1.71 bits per heavy atom. The summed E-state index contributed by atoms with van der Waals surface area (Å²) >= 11 is 0.753. The smallest absolute Gasteiger partial charge is 0.290 e. The second-order valence-corrected chi connectivity index (χ2v) is 9.64. The Balaban J connectivity index is 1.37. The number of hydrogen-bond donors (Lipinski definition) is 1. The molecule has 0 radical (unpaired) electrons. The molecule has 9 heteroatoms. The minimum Gasteiger partial charge on any atom is -0.478 e. The second-order valence-electron chi connectivity index (χ2n) is 8.63. The number of nitrogens with zero attached hydrogens (tertiary/aromatic N) is 2. The Labute approximate surface area is 200 Å². The van der Waals surface area contributed by atoms with Crippen LogP contribution in [0.2, 0.25) is 0 Å². The van der Waals surface area contributed by atoms with E-state index in [2.05, 4.69) is 22.3 Å². The van der Waals surface area contributed by atoms with Crippen molar-refractivity contribution < 1.29 is 23.5 Å². The van der Waals surface area contributed by atoms with Gasteiger partial charge in [0, 0.05) is 6.54 Å². The summed E-state index contributed by atoms with van der Waals surface area (Å²) in [6.07, 6.45) is 5.21. The van der Waals surface area contributed by atoms with Gasteiger partial charge in [0.05, 0.1) is 17.1 Å². The topological polar surface area (TPSA) is 79.0 Å². The summed E-state index contributed by atoms with van der Waals surface area (Å²) in [5.41, 5.74) is 2.81. The Morgan fingerprint density at radius 3 is 2.38 bits per heavy atom. The van der Waals surface area contributed by atoms with Crippen LogP contribution < -0.4 is 15.0 Å². The molecule has 2 aromatic carbocycles. The lowest BCUT2D eigenvalue weighted by Crippen LogP contribution is -2.38. The molecule has 2 aromatic rings. The lowest BCUT2D eigenvalue weighted by molar-refractivity contribution is -0.121. The normalized spacial score (nSPS) is 19.9. The van der Waals surface area contributed by atoms with Crippen molar-refractivity contribution in [1.82, 2.24) is 10.2 Å². The molecule has 3 heterocycles. The van der Waals surface area contributed by atoms with E-state index in [1.807, 2.05) is 12.1 Å². The van der Waals surface area contributed by atoms with Gasteiger partial charge in [0.15, 0.2) is 18.2 Å². The van der Waals surface area contributed by atoms with E-state index >= 15 is 0 Å². The fourth-order valence-corrected chi connectivity index (χ4v) is 5.11. The molecule has 1 N–H and O–H groups in total. The summed E-state index contributed by atoms with van der Waals surface area (Å²) in [5.74, 6) is -1.43. The molecule has 2 fully saturated rings. The number of likely N-dealkylation sites (tertiary alicyclic amines) is 1. The van der Waals surface area contributed by atoms with E-state index in [0.29, 0.717) is 11.3 Å². The number of rotatable bonds is 5. The van der Waals surface area contributed by atoms with Gasteiger partial charge in [0.2, 0.25) is 0 Å². The molecule has 34 heavy (non-hydrogen) atoms. The van der Waals surface area contributed by atoms with Crippen molar-refractivity contribution in [3.63, 3.8) is 0 Å². The molecule has 176 valence electrons. The number of nitrogens with one attached hydrogen (secondary N) is 1.